The summed E-state index contributed by atoms with van der Waals surface area (Å²) in [5.41, 5.74) is 0. The van der Waals surface area contributed by atoms with Crippen molar-refractivity contribution >= 4 is 37.7 Å². The first-order valence-corrected chi connectivity index (χ1v) is 13.2. The van der Waals surface area contributed by atoms with Crippen LogP contribution in [0.2, 0.25) is 0 Å². The van der Waals surface area contributed by atoms with Gasteiger partial charge in [-0.05, 0) is 31.4 Å². The molecule has 1 aromatic rings. The summed E-state index contributed by atoms with van der Waals surface area (Å²) in [5.74, 6) is 1.26. The number of likely N-dealkylation sites (N-methyl/N-ethyl adjacent to an activating group) is 1. The smallest absolute Gasteiger partial charge is 0.305 e. The largest absolute Gasteiger partial charge is 0.460 e. The van der Waals surface area contributed by atoms with Gasteiger partial charge in [0, 0.05) is 17.4 Å². The minimum Gasteiger partial charge on any atom is -0.460 e. The molecule has 6 nitrogen and oxygen atoms in total. The van der Waals surface area contributed by atoms with E-state index in [1.165, 1.54) is 30.7 Å². The summed E-state index contributed by atoms with van der Waals surface area (Å²) < 4.78 is 35.3. The summed E-state index contributed by atoms with van der Waals surface area (Å²) in [6.07, 6.45) is 5.31. The number of hydrogen-bond donors (Lipinski definition) is 1. The number of nitrogens with zero attached hydrogens (tertiary/aromatic N) is 1. The van der Waals surface area contributed by atoms with Crippen molar-refractivity contribution in [1.29, 1.82) is 0 Å². The highest BCUT2D eigenvalue weighted by Gasteiger charge is 2.16. The van der Waals surface area contributed by atoms with Crippen molar-refractivity contribution in [2.75, 3.05) is 40.0 Å². The van der Waals surface area contributed by atoms with Gasteiger partial charge in [0.05, 0.1) is 26.0 Å². The van der Waals surface area contributed by atoms with E-state index in [-0.39, 0.29) is 10.9 Å². The third-order valence-electron chi connectivity index (χ3n) is 3.95. The quantitative estimate of drug-likeness (QED) is 0.201. The molecule has 1 atom stereocenters. The summed E-state index contributed by atoms with van der Waals surface area (Å²) in [4.78, 5) is 11.4. The number of benzene rings is 1. The van der Waals surface area contributed by atoms with Gasteiger partial charge in [-0.2, -0.15) is 8.42 Å². The summed E-state index contributed by atoms with van der Waals surface area (Å²) in [5, 5.41) is 0.823. The molecule has 9 heteroatoms. The minimum atomic E-state index is -4.00. The van der Waals surface area contributed by atoms with E-state index < -0.39 is 10.1 Å². The fourth-order valence-electron chi connectivity index (χ4n) is 2.30. The number of esters is 1. The Morgan fingerprint density at radius 1 is 1.21 bits per heavy atom. The summed E-state index contributed by atoms with van der Waals surface area (Å²) >= 11 is 0. The molecule has 1 saturated heterocycles. The SMILES string of the molecule is C[N+](C)(C)CCOC(=O)CCCC[C@@H]1CCSS1.O=S(=O)(O)c1ccccc1. The van der Waals surface area contributed by atoms with Crippen LogP contribution in [0, 0.1) is 0 Å². The first-order chi connectivity index (χ1) is 13.1. The molecule has 0 unspecified atom stereocenters. The van der Waals surface area contributed by atoms with Gasteiger partial charge in [0.25, 0.3) is 10.1 Å². The molecule has 28 heavy (non-hydrogen) atoms. The molecule has 160 valence electrons. The molecule has 1 heterocycles. The van der Waals surface area contributed by atoms with E-state index in [4.69, 9.17) is 9.29 Å². The average Bonchev–Trinajstić information content (AvgIpc) is 3.12. The Morgan fingerprint density at radius 2 is 1.89 bits per heavy atom. The standard InChI is InChI=1S/C13H26NO2S2.C6H6O3S/c1-14(2,3)9-10-16-13(15)7-5-4-6-12-8-11-17-18-12;7-10(8,9)6-4-2-1-3-5-6/h12H,4-11H2,1-3H3;1-5H,(H,7,8,9)/q+1;/t12-;/m1./s1. The number of rotatable bonds is 9. The van der Waals surface area contributed by atoms with Crippen LogP contribution in [0.1, 0.15) is 32.1 Å². The number of ether oxygens (including phenoxy) is 1. The molecule has 0 aromatic heterocycles. The number of quaternary nitrogens is 1. The van der Waals surface area contributed by atoms with Crippen LogP contribution >= 0.6 is 21.6 Å². The maximum atomic E-state index is 11.5. The minimum absolute atomic E-state index is 0.0306. The lowest BCUT2D eigenvalue weighted by atomic mass is 10.1. The molecular weight excluding hydrogens is 418 g/mol. The van der Waals surface area contributed by atoms with Crippen LogP contribution in [0.3, 0.4) is 0 Å². The predicted octanol–water partition coefficient (Wildman–Crippen LogP) is 3.88. The fourth-order valence-corrected chi connectivity index (χ4v) is 5.83. The molecule has 1 aliphatic heterocycles. The Bertz CT molecular complexity index is 669. The van der Waals surface area contributed by atoms with Gasteiger partial charge in [-0.1, -0.05) is 46.2 Å². The molecule has 0 amide bonds. The van der Waals surface area contributed by atoms with E-state index in [1.54, 1.807) is 18.2 Å². The highest BCUT2D eigenvalue weighted by Crippen LogP contribution is 2.39. The van der Waals surface area contributed by atoms with Crippen molar-refractivity contribution in [2.24, 2.45) is 0 Å². The van der Waals surface area contributed by atoms with Crippen molar-refractivity contribution in [2.45, 2.75) is 42.2 Å². The molecule has 0 aliphatic carbocycles. The number of unbranched alkanes of at least 4 members (excludes halogenated alkanes) is 1. The van der Waals surface area contributed by atoms with Crippen LogP contribution in [0.5, 0.6) is 0 Å². The molecule has 1 N–H and O–H groups in total. The highest BCUT2D eigenvalue weighted by molar-refractivity contribution is 8.77. The second-order valence-corrected chi connectivity index (χ2v) is 11.8. The van der Waals surface area contributed by atoms with Crippen LogP contribution in [-0.4, -0.2) is 68.7 Å². The fraction of sp³-hybridized carbons (Fsp3) is 0.632. The second kappa shape index (κ2) is 12.7. The molecule has 1 aliphatic rings. The van der Waals surface area contributed by atoms with E-state index in [9.17, 15) is 13.2 Å². The normalized spacial score (nSPS) is 16.9. The lowest BCUT2D eigenvalue weighted by molar-refractivity contribution is -0.870. The molecule has 2 rings (SSSR count). The van der Waals surface area contributed by atoms with E-state index in [0.717, 1.165) is 29.1 Å². The molecule has 0 bridgehead atoms. The van der Waals surface area contributed by atoms with Gasteiger partial charge < -0.3 is 9.22 Å². The van der Waals surface area contributed by atoms with Gasteiger partial charge in [0.15, 0.2) is 0 Å². The maximum Gasteiger partial charge on any atom is 0.305 e. The Kier molecular flexibility index (Phi) is 11.5. The average molecular weight is 451 g/mol. The van der Waals surface area contributed by atoms with Crippen LogP contribution in [0.15, 0.2) is 35.2 Å². The van der Waals surface area contributed by atoms with Crippen molar-refractivity contribution in [1.82, 2.24) is 0 Å². The first kappa shape index (κ1) is 25.3. The van der Waals surface area contributed by atoms with Crippen molar-refractivity contribution < 1.29 is 27.0 Å². The second-order valence-electron chi connectivity index (χ2n) is 7.60. The number of carbonyl (C=O) groups excluding carboxylic acids is 1. The van der Waals surface area contributed by atoms with Crippen LogP contribution in [0.4, 0.5) is 0 Å². The highest BCUT2D eigenvalue weighted by atomic mass is 33.1. The van der Waals surface area contributed by atoms with Gasteiger partial charge in [-0.15, -0.1) is 0 Å². The zero-order chi connectivity index (χ0) is 21.0. The van der Waals surface area contributed by atoms with E-state index >= 15 is 0 Å². The van der Waals surface area contributed by atoms with Crippen molar-refractivity contribution in [3.8, 4) is 0 Å². The molecule has 1 aromatic carbocycles. The van der Waals surface area contributed by atoms with Gasteiger partial charge in [-0.3, -0.25) is 9.35 Å². The summed E-state index contributed by atoms with van der Waals surface area (Å²) in [6.45, 7) is 1.42. The maximum absolute atomic E-state index is 11.5. The molecule has 0 saturated carbocycles. The molecule has 0 spiro atoms. The van der Waals surface area contributed by atoms with Crippen LogP contribution in [0.25, 0.3) is 0 Å². The Balaban J connectivity index is 0.000000330. The van der Waals surface area contributed by atoms with Gasteiger partial charge in [-0.25, -0.2) is 0 Å². The Morgan fingerprint density at radius 3 is 2.39 bits per heavy atom. The Labute approximate surface area is 177 Å². The van der Waals surface area contributed by atoms with Gasteiger partial charge >= 0.3 is 5.97 Å². The third kappa shape index (κ3) is 12.7. The van der Waals surface area contributed by atoms with E-state index in [1.807, 2.05) is 21.6 Å². The van der Waals surface area contributed by atoms with Gasteiger partial charge in [0.2, 0.25) is 0 Å². The van der Waals surface area contributed by atoms with Crippen molar-refractivity contribution in [3.05, 3.63) is 30.3 Å². The predicted molar refractivity (Wildman–Crippen MR) is 117 cm³/mol. The lowest BCUT2D eigenvalue weighted by Crippen LogP contribution is -2.38. The molecule has 0 radical (unpaired) electrons. The zero-order valence-electron chi connectivity index (χ0n) is 16.9. The summed E-state index contributed by atoms with van der Waals surface area (Å²) in [6, 6.07) is 7.42. The number of carbonyl (C=O) groups is 1. The van der Waals surface area contributed by atoms with E-state index in [2.05, 4.69) is 21.1 Å². The van der Waals surface area contributed by atoms with Crippen LogP contribution in [-0.2, 0) is 19.6 Å². The third-order valence-corrected chi connectivity index (χ3v) is 7.83. The molecular formula is C19H32NO5S3+. The van der Waals surface area contributed by atoms with Crippen molar-refractivity contribution in [3.63, 3.8) is 0 Å². The first-order valence-electron chi connectivity index (χ1n) is 9.35. The van der Waals surface area contributed by atoms with Gasteiger partial charge in [0.1, 0.15) is 13.2 Å². The topological polar surface area (TPSA) is 80.7 Å². The zero-order valence-corrected chi connectivity index (χ0v) is 19.3. The van der Waals surface area contributed by atoms with Crippen LogP contribution < -0.4 is 0 Å². The Hall–Kier alpha value is -0.740. The monoisotopic (exact) mass is 450 g/mol. The molecule has 1 fully saturated rings. The summed E-state index contributed by atoms with van der Waals surface area (Å²) in [7, 11) is 6.30. The van der Waals surface area contributed by atoms with E-state index in [0.29, 0.717) is 13.0 Å². The number of hydrogen-bond acceptors (Lipinski definition) is 6. The lowest BCUT2D eigenvalue weighted by Gasteiger charge is -2.23.